The number of nitriles is 1. The molecule has 0 atom stereocenters. The van der Waals surface area contributed by atoms with Gasteiger partial charge in [0.05, 0.1) is 30.8 Å². The van der Waals surface area contributed by atoms with Gasteiger partial charge in [-0.05, 0) is 19.1 Å². The number of ether oxygens (including phenoxy) is 2. The summed E-state index contributed by atoms with van der Waals surface area (Å²) in [5, 5.41) is 9.37. The number of hydrogen-bond acceptors (Lipinski definition) is 5. The summed E-state index contributed by atoms with van der Waals surface area (Å²) in [6, 6.07) is 9.01. The molecule has 1 aliphatic heterocycles. The van der Waals surface area contributed by atoms with Crippen LogP contribution >= 0.6 is 0 Å². The predicted octanol–water partition coefficient (Wildman–Crippen LogP) is 2.09. The van der Waals surface area contributed by atoms with Crippen LogP contribution in [0.3, 0.4) is 0 Å². The fourth-order valence-corrected chi connectivity index (χ4v) is 4.07. The van der Waals surface area contributed by atoms with Gasteiger partial charge in [-0.2, -0.15) is 9.57 Å². The van der Waals surface area contributed by atoms with Crippen molar-refractivity contribution in [2.45, 2.75) is 37.2 Å². The molecule has 2 rings (SSSR count). The van der Waals surface area contributed by atoms with Crippen molar-refractivity contribution >= 4 is 10.0 Å². The van der Waals surface area contributed by atoms with E-state index >= 15 is 0 Å². The molecule has 6 nitrogen and oxygen atoms in total. The standard InChI is InChI=1S/C17H24N2O4S/c1-3-19(24(20,21)16-6-4-15(2)5-7-16)10-13-23-17(14-18)8-11-22-12-9-17/h4-7H,3,8-13H2,1-2H3. The summed E-state index contributed by atoms with van der Waals surface area (Å²) in [5.41, 5.74) is 0.154. The predicted molar refractivity (Wildman–Crippen MR) is 90.0 cm³/mol. The highest BCUT2D eigenvalue weighted by atomic mass is 32.2. The van der Waals surface area contributed by atoms with Crippen LogP contribution in [0.4, 0.5) is 0 Å². The molecule has 0 saturated carbocycles. The van der Waals surface area contributed by atoms with Gasteiger partial charge in [0.2, 0.25) is 10.0 Å². The Kier molecular flexibility index (Phi) is 6.35. The van der Waals surface area contributed by atoms with E-state index < -0.39 is 15.6 Å². The average molecular weight is 352 g/mol. The van der Waals surface area contributed by atoms with Crippen LogP contribution in [0.2, 0.25) is 0 Å². The summed E-state index contributed by atoms with van der Waals surface area (Å²) in [6.45, 7) is 5.45. The van der Waals surface area contributed by atoms with Gasteiger partial charge in [0.15, 0.2) is 5.60 Å². The second kappa shape index (κ2) is 8.08. The van der Waals surface area contributed by atoms with Gasteiger partial charge in [0, 0.05) is 25.9 Å². The second-order valence-electron chi connectivity index (χ2n) is 5.88. The maximum Gasteiger partial charge on any atom is 0.243 e. The molecule has 0 N–H and O–H groups in total. The molecule has 0 amide bonds. The van der Waals surface area contributed by atoms with Crippen molar-refractivity contribution in [2.24, 2.45) is 0 Å². The van der Waals surface area contributed by atoms with Crippen LogP contribution in [-0.2, 0) is 19.5 Å². The number of sulfonamides is 1. The van der Waals surface area contributed by atoms with Crippen molar-refractivity contribution < 1.29 is 17.9 Å². The highest BCUT2D eigenvalue weighted by Crippen LogP contribution is 2.24. The number of benzene rings is 1. The van der Waals surface area contributed by atoms with Crippen LogP contribution in [0.15, 0.2) is 29.2 Å². The zero-order valence-electron chi connectivity index (χ0n) is 14.2. The Morgan fingerprint density at radius 3 is 2.46 bits per heavy atom. The van der Waals surface area contributed by atoms with Crippen molar-refractivity contribution in [2.75, 3.05) is 32.9 Å². The van der Waals surface area contributed by atoms with Crippen LogP contribution in [0, 0.1) is 18.3 Å². The van der Waals surface area contributed by atoms with E-state index in [0.717, 1.165) is 5.56 Å². The summed E-state index contributed by atoms with van der Waals surface area (Å²) in [6.07, 6.45) is 1.03. The van der Waals surface area contributed by atoms with Crippen LogP contribution < -0.4 is 0 Å². The van der Waals surface area contributed by atoms with Crippen LogP contribution in [0.5, 0.6) is 0 Å². The third kappa shape index (κ3) is 4.33. The van der Waals surface area contributed by atoms with E-state index in [0.29, 0.717) is 32.6 Å². The molecule has 0 unspecified atom stereocenters. The first-order valence-corrected chi connectivity index (χ1v) is 9.57. The number of rotatable bonds is 7. The molecule has 132 valence electrons. The Morgan fingerprint density at radius 1 is 1.29 bits per heavy atom. The monoisotopic (exact) mass is 352 g/mol. The molecule has 1 aromatic rings. The molecule has 0 spiro atoms. The molecular weight excluding hydrogens is 328 g/mol. The van der Waals surface area contributed by atoms with Gasteiger partial charge in [-0.15, -0.1) is 0 Å². The molecule has 1 saturated heterocycles. The summed E-state index contributed by atoms with van der Waals surface area (Å²) in [7, 11) is -3.55. The molecule has 7 heteroatoms. The van der Waals surface area contributed by atoms with E-state index in [1.165, 1.54) is 4.31 Å². The largest absolute Gasteiger partial charge is 0.381 e. The summed E-state index contributed by atoms with van der Waals surface area (Å²) >= 11 is 0. The molecular formula is C17H24N2O4S. The van der Waals surface area contributed by atoms with Gasteiger partial charge in [0.1, 0.15) is 0 Å². The topological polar surface area (TPSA) is 79.6 Å². The lowest BCUT2D eigenvalue weighted by Gasteiger charge is -2.31. The highest BCUT2D eigenvalue weighted by Gasteiger charge is 2.34. The Labute approximate surface area is 144 Å². The molecule has 0 aromatic heterocycles. The number of likely N-dealkylation sites (N-methyl/N-ethyl adjacent to an activating group) is 1. The molecule has 1 fully saturated rings. The number of nitrogens with zero attached hydrogens (tertiary/aromatic N) is 2. The molecule has 1 aromatic carbocycles. The minimum atomic E-state index is -3.55. The smallest absolute Gasteiger partial charge is 0.243 e. The normalized spacial score (nSPS) is 17.6. The van der Waals surface area contributed by atoms with E-state index in [2.05, 4.69) is 6.07 Å². The maximum absolute atomic E-state index is 12.7. The molecule has 0 aliphatic carbocycles. The van der Waals surface area contributed by atoms with E-state index in [1.54, 1.807) is 31.2 Å². The first-order chi connectivity index (χ1) is 11.4. The van der Waals surface area contributed by atoms with Crippen LogP contribution in [0.1, 0.15) is 25.3 Å². The average Bonchev–Trinajstić information content (AvgIpc) is 2.60. The summed E-state index contributed by atoms with van der Waals surface area (Å²) < 4.78 is 37.8. The third-order valence-electron chi connectivity index (χ3n) is 4.23. The SMILES string of the molecule is CCN(CCOC1(C#N)CCOCC1)S(=O)(=O)c1ccc(C)cc1. The van der Waals surface area contributed by atoms with Gasteiger partial charge in [0.25, 0.3) is 0 Å². The Bertz CT molecular complexity index is 674. The van der Waals surface area contributed by atoms with Crippen molar-refractivity contribution in [1.29, 1.82) is 5.26 Å². The second-order valence-corrected chi connectivity index (χ2v) is 7.81. The molecule has 1 aliphatic rings. The summed E-state index contributed by atoms with van der Waals surface area (Å²) in [5.74, 6) is 0. The lowest BCUT2D eigenvalue weighted by Crippen LogP contribution is -2.41. The fourth-order valence-electron chi connectivity index (χ4n) is 2.64. The van der Waals surface area contributed by atoms with Crippen molar-refractivity contribution in [3.63, 3.8) is 0 Å². The van der Waals surface area contributed by atoms with E-state index in [1.807, 2.05) is 6.92 Å². The van der Waals surface area contributed by atoms with Gasteiger partial charge < -0.3 is 9.47 Å². The molecule has 0 bridgehead atoms. The van der Waals surface area contributed by atoms with Gasteiger partial charge in [-0.1, -0.05) is 24.6 Å². The van der Waals surface area contributed by atoms with Crippen molar-refractivity contribution in [3.8, 4) is 6.07 Å². The Hall–Kier alpha value is -1.46. The Morgan fingerprint density at radius 2 is 1.92 bits per heavy atom. The first-order valence-electron chi connectivity index (χ1n) is 8.13. The minimum Gasteiger partial charge on any atom is -0.381 e. The van der Waals surface area contributed by atoms with E-state index in [-0.39, 0.29) is 18.0 Å². The van der Waals surface area contributed by atoms with E-state index in [4.69, 9.17) is 9.47 Å². The fraction of sp³-hybridized carbons (Fsp3) is 0.588. The molecule has 1 heterocycles. The zero-order valence-corrected chi connectivity index (χ0v) is 15.0. The van der Waals surface area contributed by atoms with Crippen LogP contribution in [-0.4, -0.2) is 51.2 Å². The molecule has 0 radical (unpaired) electrons. The summed E-state index contributed by atoms with van der Waals surface area (Å²) in [4.78, 5) is 0.274. The van der Waals surface area contributed by atoms with Crippen molar-refractivity contribution in [1.82, 2.24) is 4.31 Å². The lowest BCUT2D eigenvalue weighted by atomic mass is 9.96. The minimum absolute atomic E-state index is 0.187. The molecule has 24 heavy (non-hydrogen) atoms. The van der Waals surface area contributed by atoms with Gasteiger partial charge in [-0.3, -0.25) is 0 Å². The maximum atomic E-state index is 12.7. The lowest BCUT2D eigenvalue weighted by molar-refractivity contribution is -0.0769. The quantitative estimate of drug-likeness (QED) is 0.751. The Balaban J connectivity index is 2.01. The van der Waals surface area contributed by atoms with Gasteiger partial charge in [-0.25, -0.2) is 8.42 Å². The van der Waals surface area contributed by atoms with E-state index in [9.17, 15) is 13.7 Å². The first kappa shape index (κ1) is 18.9. The van der Waals surface area contributed by atoms with Crippen molar-refractivity contribution in [3.05, 3.63) is 29.8 Å². The van der Waals surface area contributed by atoms with Gasteiger partial charge >= 0.3 is 0 Å². The zero-order chi connectivity index (χ0) is 17.6. The number of aryl methyl sites for hydroxylation is 1. The highest BCUT2D eigenvalue weighted by molar-refractivity contribution is 7.89. The van der Waals surface area contributed by atoms with Crippen LogP contribution in [0.25, 0.3) is 0 Å². The third-order valence-corrected chi connectivity index (χ3v) is 6.22. The number of hydrogen-bond donors (Lipinski definition) is 0.